The molecule has 0 spiro atoms. The summed E-state index contributed by atoms with van der Waals surface area (Å²) >= 11 is 0. The maximum atomic E-state index is 11.9. The van der Waals surface area contributed by atoms with E-state index < -0.39 is 13.4 Å². The molecule has 1 nitrogen and oxygen atoms in total. The van der Waals surface area contributed by atoms with Gasteiger partial charge in [-0.1, -0.05) is 6.92 Å². The number of nitrogens with zero attached hydrogens (tertiary/aromatic N) is 1. The number of hydrogen-bond donors (Lipinski definition) is 0. The maximum Gasteiger partial charge on any atom is 1.00 e. The number of hydrogen-bond acceptors (Lipinski definition) is 1. The Morgan fingerprint density at radius 2 is 1.67 bits per heavy atom. The zero-order valence-corrected chi connectivity index (χ0v) is 11.3. The van der Waals surface area contributed by atoms with E-state index >= 15 is 0 Å². The van der Waals surface area contributed by atoms with Crippen LogP contribution in [0.25, 0.3) is 0 Å². The van der Waals surface area contributed by atoms with Crippen LogP contribution >= 0.6 is 0 Å². The average Bonchev–Trinajstić information content (AvgIpc) is 1.80. The summed E-state index contributed by atoms with van der Waals surface area (Å²) in [7, 11) is 0. The van der Waals surface area contributed by atoms with Gasteiger partial charge in [0, 0.05) is 6.04 Å². The van der Waals surface area contributed by atoms with Crippen LogP contribution in [0.2, 0.25) is 0 Å². The predicted octanol–water partition coefficient (Wildman–Crippen LogP) is -0.893. The molecule has 0 bridgehead atoms. The molecule has 0 aliphatic carbocycles. The Morgan fingerprint density at radius 1 is 1.25 bits per heavy atom. The number of rotatable bonds is 4. The van der Waals surface area contributed by atoms with Crippen molar-refractivity contribution < 1.29 is 64.3 Å². The fourth-order valence-electron chi connectivity index (χ4n) is 0.971. The molecule has 0 aromatic rings. The van der Waals surface area contributed by atoms with Crippen LogP contribution in [0.15, 0.2) is 0 Å². The topological polar surface area (TPSA) is 3.24 Å². The largest absolute Gasteiger partial charge is 1.00 e. The van der Waals surface area contributed by atoms with Gasteiger partial charge in [-0.15, -0.1) is 0 Å². The monoisotopic (exact) mass is 207 g/mol. The summed E-state index contributed by atoms with van der Waals surface area (Å²) in [5.41, 5.74) is 0. The minimum atomic E-state index is -4.66. The Morgan fingerprint density at radius 3 is 1.75 bits per heavy atom. The van der Waals surface area contributed by atoms with E-state index in [0.29, 0.717) is 6.54 Å². The molecule has 0 rings (SSSR count). The van der Waals surface area contributed by atoms with E-state index in [4.69, 9.17) is 0 Å². The van der Waals surface area contributed by atoms with Gasteiger partial charge in [-0.05, 0) is 26.8 Å². The van der Waals surface area contributed by atoms with E-state index in [1.807, 2.05) is 0 Å². The fraction of sp³-hybridized carbons (Fsp3) is 1.00. The van der Waals surface area contributed by atoms with Crippen LogP contribution in [0.3, 0.4) is 0 Å². The Kier molecular flexibility index (Phi) is 9.06. The molecule has 0 radical (unpaired) electrons. The summed E-state index contributed by atoms with van der Waals surface area (Å²) in [6.45, 7) is 1.08. The van der Waals surface area contributed by atoms with Crippen molar-refractivity contribution in [3.05, 3.63) is 0 Å². The first-order chi connectivity index (χ1) is 4.87. The summed E-state index contributed by atoms with van der Waals surface area (Å²) in [6, 6.07) is -0.0245. The van der Waals surface area contributed by atoms with E-state index in [0.717, 1.165) is 0 Å². The van der Waals surface area contributed by atoms with Crippen molar-refractivity contribution in [1.29, 1.82) is 0 Å². The van der Waals surface area contributed by atoms with E-state index in [1.54, 1.807) is 20.8 Å². The van der Waals surface area contributed by atoms with Crippen molar-refractivity contribution >= 4 is 6.98 Å². The molecule has 0 heterocycles. The van der Waals surface area contributed by atoms with Gasteiger partial charge in [0.05, 0.1) is 0 Å². The smallest absolute Gasteiger partial charge is 0.448 e. The third-order valence-electron chi connectivity index (χ3n) is 1.58. The van der Waals surface area contributed by atoms with E-state index in [9.17, 15) is 12.9 Å². The average molecular weight is 207 g/mol. The van der Waals surface area contributed by atoms with Crippen molar-refractivity contribution in [1.82, 2.24) is 4.90 Å². The van der Waals surface area contributed by atoms with Gasteiger partial charge in [-0.2, -0.15) is 0 Å². The summed E-state index contributed by atoms with van der Waals surface area (Å²) in [5.74, 6) is 0. The van der Waals surface area contributed by atoms with Gasteiger partial charge >= 0.3 is 58.4 Å². The second-order valence-electron chi connectivity index (χ2n) is 2.89. The third kappa shape index (κ3) is 8.07. The first kappa shape index (κ1) is 15.9. The fourth-order valence-corrected chi connectivity index (χ4v) is 0.971. The molecule has 0 fully saturated rings. The molecule has 0 aliphatic heterocycles. The van der Waals surface area contributed by atoms with E-state index in [1.165, 1.54) is 4.90 Å². The van der Waals surface area contributed by atoms with Crippen LogP contribution in [0.5, 0.6) is 0 Å². The summed E-state index contributed by atoms with van der Waals surface area (Å²) in [4.78, 5) is 1.40. The van der Waals surface area contributed by atoms with Crippen LogP contribution in [0.1, 0.15) is 20.8 Å². The van der Waals surface area contributed by atoms with Crippen molar-refractivity contribution in [2.75, 3.05) is 13.0 Å². The molecule has 68 valence electrons. The number of halogens is 3. The van der Waals surface area contributed by atoms with Gasteiger partial charge < -0.3 is 17.8 Å². The van der Waals surface area contributed by atoms with Gasteiger partial charge in [0.2, 0.25) is 0 Å². The first-order valence-corrected chi connectivity index (χ1v) is 3.82. The van der Waals surface area contributed by atoms with Crippen LogP contribution in [0.4, 0.5) is 12.9 Å². The Labute approximate surface area is 115 Å². The Balaban J connectivity index is 0. The molecule has 12 heavy (non-hydrogen) atoms. The standard InChI is InChI=1S/C6H14BF3N.K/c1-4-11(6(2)3)5-7(8,9)10;/h6H,4-5H2,1-3H3;/q-1;+1. The van der Waals surface area contributed by atoms with Gasteiger partial charge in [0.1, 0.15) is 0 Å². The zero-order valence-electron chi connectivity index (χ0n) is 8.15. The van der Waals surface area contributed by atoms with E-state index in [-0.39, 0.29) is 57.4 Å². The van der Waals surface area contributed by atoms with Gasteiger partial charge in [-0.25, -0.2) is 0 Å². The summed E-state index contributed by atoms with van der Waals surface area (Å²) < 4.78 is 35.6. The van der Waals surface area contributed by atoms with Crippen LogP contribution in [-0.2, 0) is 0 Å². The van der Waals surface area contributed by atoms with Crippen molar-refractivity contribution in [3.63, 3.8) is 0 Å². The Hall–Kier alpha value is 1.45. The van der Waals surface area contributed by atoms with Crippen molar-refractivity contribution in [3.8, 4) is 0 Å². The molecule has 0 atom stereocenters. The SMILES string of the molecule is CCN(C[B-](F)(F)F)C(C)C.[K+]. The summed E-state index contributed by atoms with van der Waals surface area (Å²) in [6.07, 6.45) is -0.742. The van der Waals surface area contributed by atoms with Crippen LogP contribution < -0.4 is 51.4 Å². The third-order valence-corrected chi connectivity index (χ3v) is 1.58. The van der Waals surface area contributed by atoms with Gasteiger partial charge in [0.25, 0.3) is 0 Å². The van der Waals surface area contributed by atoms with Gasteiger partial charge in [0.15, 0.2) is 0 Å². The molecule has 0 saturated heterocycles. The molecule has 0 saturated carbocycles. The van der Waals surface area contributed by atoms with Crippen molar-refractivity contribution in [2.24, 2.45) is 0 Å². The second-order valence-corrected chi connectivity index (χ2v) is 2.89. The first-order valence-electron chi connectivity index (χ1n) is 3.82. The quantitative estimate of drug-likeness (QED) is 0.540. The molecule has 0 aromatic heterocycles. The predicted molar refractivity (Wildman–Crippen MR) is 41.5 cm³/mol. The molecular formula is C6H14BF3KN. The molecule has 0 amide bonds. The minimum Gasteiger partial charge on any atom is -0.448 e. The van der Waals surface area contributed by atoms with Crippen LogP contribution in [0, 0.1) is 0 Å². The molecule has 0 N–H and O–H groups in total. The normalized spacial score (nSPS) is 12.0. The summed E-state index contributed by atoms with van der Waals surface area (Å²) in [5, 5.41) is 0. The molecule has 6 heteroatoms. The molecule has 0 aliphatic rings. The zero-order chi connectivity index (χ0) is 9.07. The molecular weight excluding hydrogens is 193 g/mol. The minimum absolute atomic E-state index is 0. The maximum absolute atomic E-state index is 11.9. The van der Waals surface area contributed by atoms with Crippen LogP contribution in [-0.4, -0.2) is 30.9 Å². The van der Waals surface area contributed by atoms with Crippen molar-refractivity contribution in [2.45, 2.75) is 26.8 Å². The Bertz CT molecular complexity index is 118. The molecule has 0 unspecified atom stereocenters. The van der Waals surface area contributed by atoms with Gasteiger partial charge in [-0.3, -0.25) is 0 Å². The van der Waals surface area contributed by atoms with E-state index in [2.05, 4.69) is 0 Å². The second kappa shape index (κ2) is 6.84. The molecule has 0 aromatic carbocycles.